The standard InChI is InChI=1S/C23H31N3O5S2/c1-4-25(5-2)32(28,29)21-10-6-19(7-11-21)23(27)24-20-8-12-22(13-9-20)33(30,31)26-16-14-18(3)15-17-26/h6-13,18H,4-5,14-17H2,1-3H3,(H,24,27). The van der Waals surface area contributed by atoms with Gasteiger partial charge in [-0.25, -0.2) is 16.8 Å². The molecule has 1 aliphatic heterocycles. The quantitative estimate of drug-likeness (QED) is 0.607. The van der Waals surface area contributed by atoms with Gasteiger partial charge in [-0.3, -0.25) is 4.79 Å². The zero-order chi connectivity index (χ0) is 24.2. The molecule has 0 atom stereocenters. The maximum Gasteiger partial charge on any atom is 0.255 e. The molecule has 10 heteroatoms. The topological polar surface area (TPSA) is 104 Å². The zero-order valence-electron chi connectivity index (χ0n) is 19.2. The highest BCUT2D eigenvalue weighted by Gasteiger charge is 2.28. The Morgan fingerprint density at radius 2 is 1.42 bits per heavy atom. The van der Waals surface area contributed by atoms with E-state index in [1.807, 2.05) is 0 Å². The van der Waals surface area contributed by atoms with Gasteiger partial charge in [-0.05, 0) is 67.3 Å². The van der Waals surface area contributed by atoms with Gasteiger partial charge in [0.25, 0.3) is 5.91 Å². The summed E-state index contributed by atoms with van der Waals surface area (Å²) in [6, 6.07) is 11.8. The van der Waals surface area contributed by atoms with Crippen molar-refractivity contribution in [3.63, 3.8) is 0 Å². The highest BCUT2D eigenvalue weighted by Crippen LogP contribution is 2.24. The molecular weight excluding hydrogens is 462 g/mol. The van der Waals surface area contributed by atoms with Gasteiger partial charge in [-0.15, -0.1) is 0 Å². The zero-order valence-corrected chi connectivity index (χ0v) is 20.8. The Morgan fingerprint density at radius 1 is 0.909 bits per heavy atom. The molecule has 2 aromatic carbocycles. The number of carbonyl (C=O) groups excluding carboxylic acids is 1. The molecule has 3 rings (SSSR count). The lowest BCUT2D eigenvalue weighted by Crippen LogP contribution is -2.37. The van der Waals surface area contributed by atoms with Crippen LogP contribution in [-0.2, 0) is 20.0 Å². The molecule has 1 saturated heterocycles. The van der Waals surface area contributed by atoms with Gasteiger partial charge in [0.2, 0.25) is 20.0 Å². The van der Waals surface area contributed by atoms with E-state index in [-0.39, 0.29) is 9.79 Å². The Labute approximate surface area is 196 Å². The van der Waals surface area contributed by atoms with Crippen molar-refractivity contribution in [2.75, 3.05) is 31.5 Å². The van der Waals surface area contributed by atoms with E-state index in [4.69, 9.17) is 0 Å². The maximum atomic E-state index is 12.8. The van der Waals surface area contributed by atoms with Crippen molar-refractivity contribution in [3.05, 3.63) is 54.1 Å². The Morgan fingerprint density at radius 3 is 1.94 bits per heavy atom. The van der Waals surface area contributed by atoms with Crippen LogP contribution in [0.5, 0.6) is 0 Å². The lowest BCUT2D eigenvalue weighted by molar-refractivity contribution is 0.102. The third-order valence-corrected chi connectivity index (χ3v) is 9.93. The highest BCUT2D eigenvalue weighted by atomic mass is 32.2. The second kappa shape index (κ2) is 10.3. The first-order valence-corrected chi connectivity index (χ1v) is 14.0. The van der Waals surface area contributed by atoms with Crippen LogP contribution in [0.15, 0.2) is 58.3 Å². The molecule has 0 bridgehead atoms. The molecule has 2 aromatic rings. The first-order valence-electron chi connectivity index (χ1n) is 11.1. The third kappa shape index (κ3) is 5.63. The minimum Gasteiger partial charge on any atom is -0.322 e. The summed E-state index contributed by atoms with van der Waals surface area (Å²) < 4.78 is 53.7. The van der Waals surface area contributed by atoms with Crippen molar-refractivity contribution in [2.24, 2.45) is 5.92 Å². The lowest BCUT2D eigenvalue weighted by atomic mass is 10.0. The van der Waals surface area contributed by atoms with Crippen molar-refractivity contribution in [3.8, 4) is 0 Å². The van der Waals surface area contributed by atoms with Crippen molar-refractivity contribution in [1.82, 2.24) is 8.61 Å². The average molecular weight is 494 g/mol. The van der Waals surface area contributed by atoms with Crippen LogP contribution >= 0.6 is 0 Å². The van der Waals surface area contributed by atoms with Gasteiger partial charge in [0.1, 0.15) is 0 Å². The van der Waals surface area contributed by atoms with Gasteiger partial charge in [0, 0.05) is 37.4 Å². The monoisotopic (exact) mass is 493 g/mol. The number of rotatable bonds is 8. The van der Waals surface area contributed by atoms with Gasteiger partial charge in [0.05, 0.1) is 9.79 Å². The molecule has 0 aromatic heterocycles. The minimum absolute atomic E-state index is 0.129. The predicted octanol–water partition coefficient (Wildman–Crippen LogP) is 3.39. The number of nitrogens with zero attached hydrogens (tertiary/aromatic N) is 2. The summed E-state index contributed by atoms with van der Waals surface area (Å²) >= 11 is 0. The van der Waals surface area contributed by atoms with Crippen LogP contribution in [0.3, 0.4) is 0 Å². The summed E-state index contributed by atoms with van der Waals surface area (Å²) in [6.07, 6.45) is 1.70. The fourth-order valence-electron chi connectivity index (χ4n) is 3.78. The van der Waals surface area contributed by atoms with Crippen LogP contribution < -0.4 is 5.32 Å². The first-order chi connectivity index (χ1) is 15.6. The molecule has 0 unspecified atom stereocenters. The number of piperidine rings is 1. The van der Waals surface area contributed by atoms with E-state index in [0.717, 1.165) is 12.8 Å². The van der Waals surface area contributed by atoms with E-state index >= 15 is 0 Å². The lowest BCUT2D eigenvalue weighted by Gasteiger charge is -2.29. The predicted molar refractivity (Wildman–Crippen MR) is 128 cm³/mol. The van der Waals surface area contributed by atoms with Crippen LogP contribution in [0, 0.1) is 5.92 Å². The normalized spacial score (nSPS) is 16.1. The van der Waals surface area contributed by atoms with Crippen LogP contribution in [0.1, 0.15) is 44.0 Å². The average Bonchev–Trinajstić information content (AvgIpc) is 2.80. The largest absolute Gasteiger partial charge is 0.322 e. The van der Waals surface area contributed by atoms with Crippen molar-refractivity contribution in [2.45, 2.75) is 43.4 Å². The Hall–Kier alpha value is -2.27. The third-order valence-electron chi connectivity index (χ3n) is 5.95. The molecule has 1 aliphatic rings. The molecule has 0 aliphatic carbocycles. The molecule has 8 nitrogen and oxygen atoms in total. The van der Waals surface area contributed by atoms with Crippen molar-refractivity contribution >= 4 is 31.6 Å². The molecule has 33 heavy (non-hydrogen) atoms. The minimum atomic E-state index is -3.59. The summed E-state index contributed by atoms with van der Waals surface area (Å²) in [5.74, 6) is 0.114. The molecule has 0 spiro atoms. The van der Waals surface area contributed by atoms with Gasteiger partial charge in [-0.1, -0.05) is 20.8 Å². The van der Waals surface area contributed by atoms with E-state index in [1.165, 1.54) is 45.0 Å². The SMILES string of the molecule is CCN(CC)S(=O)(=O)c1ccc(C(=O)Nc2ccc(S(=O)(=O)N3CCC(C)CC3)cc2)cc1. The maximum absolute atomic E-state index is 12.8. The van der Waals surface area contributed by atoms with E-state index in [1.54, 1.807) is 26.0 Å². The second-order valence-corrected chi connectivity index (χ2v) is 12.1. The van der Waals surface area contributed by atoms with E-state index in [2.05, 4.69) is 12.2 Å². The summed E-state index contributed by atoms with van der Waals surface area (Å²) in [7, 11) is -7.15. The Bertz CT molecular complexity index is 1170. The summed E-state index contributed by atoms with van der Waals surface area (Å²) in [5, 5.41) is 2.72. The van der Waals surface area contributed by atoms with Crippen LogP contribution in [0.2, 0.25) is 0 Å². The fraction of sp³-hybridized carbons (Fsp3) is 0.435. The number of hydrogen-bond acceptors (Lipinski definition) is 5. The molecule has 1 amide bonds. The molecule has 0 saturated carbocycles. The summed E-state index contributed by atoms with van der Waals surface area (Å²) in [6.45, 7) is 7.43. The van der Waals surface area contributed by atoms with Crippen LogP contribution in [0.25, 0.3) is 0 Å². The van der Waals surface area contributed by atoms with E-state index < -0.39 is 26.0 Å². The number of hydrogen-bond donors (Lipinski definition) is 1. The number of carbonyl (C=O) groups is 1. The second-order valence-electron chi connectivity index (χ2n) is 8.18. The number of anilines is 1. The highest BCUT2D eigenvalue weighted by molar-refractivity contribution is 7.89. The van der Waals surface area contributed by atoms with Gasteiger partial charge < -0.3 is 5.32 Å². The molecule has 180 valence electrons. The van der Waals surface area contributed by atoms with Crippen molar-refractivity contribution < 1.29 is 21.6 Å². The smallest absolute Gasteiger partial charge is 0.255 e. The van der Waals surface area contributed by atoms with E-state index in [9.17, 15) is 21.6 Å². The van der Waals surface area contributed by atoms with Gasteiger partial charge >= 0.3 is 0 Å². The molecule has 1 N–H and O–H groups in total. The summed E-state index contributed by atoms with van der Waals surface area (Å²) in [4.78, 5) is 12.9. The number of nitrogens with one attached hydrogen (secondary N) is 1. The van der Waals surface area contributed by atoms with Gasteiger partial charge in [0.15, 0.2) is 0 Å². The van der Waals surface area contributed by atoms with Crippen molar-refractivity contribution in [1.29, 1.82) is 0 Å². The number of benzene rings is 2. The van der Waals surface area contributed by atoms with E-state index in [0.29, 0.717) is 43.3 Å². The Balaban J connectivity index is 1.68. The number of sulfonamides is 2. The van der Waals surface area contributed by atoms with Crippen LogP contribution in [-0.4, -0.2) is 57.5 Å². The molecule has 1 heterocycles. The number of amides is 1. The molecular formula is C23H31N3O5S2. The molecule has 1 fully saturated rings. The molecule has 0 radical (unpaired) electrons. The van der Waals surface area contributed by atoms with Gasteiger partial charge in [-0.2, -0.15) is 8.61 Å². The fourth-order valence-corrected chi connectivity index (χ4v) is 6.71. The Kier molecular flexibility index (Phi) is 7.94. The van der Waals surface area contributed by atoms with Crippen LogP contribution in [0.4, 0.5) is 5.69 Å². The summed E-state index contributed by atoms with van der Waals surface area (Å²) in [5.41, 5.74) is 0.749. The first kappa shape index (κ1) is 25.4.